The molecule has 0 bridgehead atoms. The molecule has 3 rings (SSSR count). The van der Waals surface area contributed by atoms with Gasteiger partial charge in [-0.25, -0.2) is 0 Å². The smallest absolute Gasteiger partial charge is 0.249 e. The van der Waals surface area contributed by atoms with Gasteiger partial charge in [-0.05, 0) is 18.6 Å². The first-order valence-corrected chi connectivity index (χ1v) is 6.71. The Balaban J connectivity index is 1.97. The van der Waals surface area contributed by atoms with Gasteiger partial charge in [0.15, 0.2) is 0 Å². The van der Waals surface area contributed by atoms with Crippen LogP contribution in [0.15, 0.2) is 36.4 Å². The third kappa shape index (κ3) is 2.43. The molecule has 104 valence electrons. The van der Waals surface area contributed by atoms with Crippen LogP contribution in [-0.2, 0) is 9.59 Å². The zero-order valence-corrected chi connectivity index (χ0v) is 11.2. The lowest BCUT2D eigenvalue weighted by molar-refractivity contribution is -0.133. The van der Waals surface area contributed by atoms with Crippen molar-refractivity contribution in [1.29, 1.82) is 5.26 Å². The Morgan fingerprint density at radius 1 is 1.14 bits per heavy atom. The number of nitrogens with zero attached hydrogens (tertiary/aromatic N) is 1. The lowest BCUT2D eigenvalue weighted by Gasteiger charge is -2.23. The molecule has 2 amide bonds. The molecule has 1 unspecified atom stereocenters. The number of anilines is 1. The molecular weight excluding hydrogens is 266 g/mol. The molecule has 2 N–H and O–H groups in total. The van der Waals surface area contributed by atoms with Crippen molar-refractivity contribution >= 4 is 28.3 Å². The van der Waals surface area contributed by atoms with Crippen LogP contribution in [0.5, 0.6) is 0 Å². The number of piperidine rings is 1. The molecule has 1 saturated heterocycles. The second kappa shape index (κ2) is 5.25. The van der Waals surface area contributed by atoms with Crippen molar-refractivity contribution in [2.75, 3.05) is 5.32 Å². The summed E-state index contributed by atoms with van der Waals surface area (Å²) in [5, 5.41) is 16.4. The van der Waals surface area contributed by atoms with Crippen molar-refractivity contribution in [3.05, 3.63) is 42.0 Å². The number of hydrogen-bond acceptors (Lipinski definition) is 4. The van der Waals surface area contributed by atoms with E-state index in [1.807, 2.05) is 24.3 Å². The SMILES string of the molecule is N#Cc1ccc(NC2CCC(=O)NC2=O)c2ccccc12. The van der Waals surface area contributed by atoms with Crippen LogP contribution in [-0.4, -0.2) is 17.9 Å². The monoisotopic (exact) mass is 279 g/mol. The van der Waals surface area contributed by atoms with Crippen LogP contribution in [0.4, 0.5) is 5.69 Å². The standard InChI is InChI=1S/C16H13N3O2/c17-9-10-5-6-13(12-4-2-1-3-11(10)12)18-14-7-8-15(20)19-16(14)21/h1-6,14,18H,7-8H2,(H,19,20,21). The quantitative estimate of drug-likeness (QED) is 0.823. The molecule has 5 nitrogen and oxygen atoms in total. The molecule has 0 aromatic heterocycles. The maximum absolute atomic E-state index is 11.8. The highest BCUT2D eigenvalue weighted by molar-refractivity contribution is 6.03. The number of hydrogen-bond donors (Lipinski definition) is 2. The number of amides is 2. The molecule has 0 aliphatic carbocycles. The maximum Gasteiger partial charge on any atom is 0.249 e. The van der Waals surface area contributed by atoms with E-state index in [-0.39, 0.29) is 11.8 Å². The van der Waals surface area contributed by atoms with Gasteiger partial charge in [0, 0.05) is 22.9 Å². The van der Waals surface area contributed by atoms with Crippen LogP contribution >= 0.6 is 0 Å². The van der Waals surface area contributed by atoms with Crippen LogP contribution in [0, 0.1) is 11.3 Å². The number of imide groups is 1. The van der Waals surface area contributed by atoms with E-state index in [0.717, 1.165) is 16.5 Å². The average molecular weight is 279 g/mol. The van der Waals surface area contributed by atoms with E-state index < -0.39 is 6.04 Å². The fraction of sp³-hybridized carbons (Fsp3) is 0.188. The summed E-state index contributed by atoms with van der Waals surface area (Å²) in [4.78, 5) is 23.0. The number of nitrogens with one attached hydrogen (secondary N) is 2. The van der Waals surface area contributed by atoms with Gasteiger partial charge in [-0.1, -0.05) is 24.3 Å². The second-order valence-corrected chi connectivity index (χ2v) is 4.97. The van der Waals surface area contributed by atoms with Crippen LogP contribution in [0.1, 0.15) is 18.4 Å². The molecule has 1 aliphatic heterocycles. The van der Waals surface area contributed by atoms with Crippen molar-refractivity contribution < 1.29 is 9.59 Å². The molecule has 0 radical (unpaired) electrons. The third-order valence-corrected chi connectivity index (χ3v) is 3.61. The maximum atomic E-state index is 11.8. The predicted molar refractivity (Wildman–Crippen MR) is 78.5 cm³/mol. The Labute approximate surface area is 121 Å². The number of fused-ring (bicyclic) bond motifs is 1. The van der Waals surface area contributed by atoms with Crippen molar-refractivity contribution in [3.8, 4) is 6.07 Å². The second-order valence-electron chi connectivity index (χ2n) is 4.97. The zero-order valence-electron chi connectivity index (χ0n) is 11.2. The highest BCUT2D eigenvalue weighted by atomic mass is 16.2. The zero-order chi connectivity index (χ0) is 14.8. The number of carbonyl (C=O) groups is 2. The van der Waals surface area contributed by atoms with E-state index in [1.165, 1.54) is 0 Å². The van der Waals surface area contributed by atoms with E-state index in [0.29, 0.717) is 18.4 Å². The minimum Gasteiger partial charge on any atom is -0.373 e. The molecule has 1 atom stereocenters. The topological polar surface area (TPSA) is 82.0 Å². The Kier molecular flexibility index (Phi) is 3.28. The van der Waals surface area contributed by atoms with Crippen molar-refractivity contribution in [3.63, 3.8) is 0 Å². The van der Waals surface area contributed by atoms with Crippen LogP contribution in [0.3, 0.4) is 0 Å². The molecule has 2 aromatic rings. The Hall–Kier alpha value is -2.87. The van der Waals surface area contributed by atoms with Gasteiger partial charge >= 0.3 is 0 Å². The van der Waals surface area contributed by atoms with Crippen LogP contribution < -0.4 is 10.6 Å². The van der Waals surface area contributed by atoms with Crippen LogP contribution in [0.2, 0.25) is 0 Å². The van der Waals surface area contributed by atoms with Gasteiger partial charge in [-0.2, -0.15) is 5.26 Å². The Morgan fingerprint density at radius 2 is 1.90 bits per heavy atom. The first-order valence-electron chi connectivity index (χ1n) is 6.71. The van der Waals surface area contributed by atoms with Crippen molar-refractivity contribution in [2.45, 2.75) is 18.9 Å². The van der Waals surface area contributed by atoms with Crippen molar-refractivity contribution in [1.82, 2.24) is 5.32 Å². The summed E-state index contributed by atoms with van der Waals surface area (Å²) < 4.78 is 0. The first kappa shape index (κ1) is 13.1. The molecule has 1 fully saturated rings. The highest BCUT2D eigenvalue weighted by Crippen LogP contribution is 2.27. The molecule has 2 aromatic carbocycles. The summed E-state index contributed by atoms with van der Waals surface area (Å²) in [6.45, 7) is 0. The van der Waals surface area contributed by atoms with Gasteiger partial charge in [-0.15, -0.1) is 0 Å². The van der Waals surface area contributed by atoms with E-state index in [9.17, 15) is 9.59 Å². The largest absolute Gasteiger partial charge is 0.373 e. The molecule has 1 heterocycles. The number of carbonyl (C=O) groups excluding carboxylic acids is 2. The predicted octanol–water partition coefficient (Wildman–Crippen LogP) is 1.93. The van der Waals surface area contributed by atoms with Crippen molar-refractivity contribution in [2.24, 2.45) is 0 Å². The van der Waals surface area contributed by atoms with Gasteiger partial charge < -0.3 is 5.32 Å². The molecule has 0 spiro atoms. The average Bonchev–Trinajstić information content (AvgIpc) is 2.50. The summed E-state index contributed by atoms with van der Waals surface area (Å²) in [5.41, 5.74) is 1.39. The highest BCUT2D eigenvalue weighted by Gasteiger charge is 2.26. The van der Waals surface area contributed by atoms with E-state index in [2.05, 4.69) is 16.7 Å². The Morgan fingerprint density at radius 3 is 2.62 bits per heavy atom. The lowest BCUT2D eigenvalue weighted by atomic mass is 10.0. The summed E-state index contributed by atoms with van der Waals surface area (Å²) in [7, 11) is 0. The summed E-state index contributed by atoms with van der Waals surface area (Å²) in [6.07, 6.45) is 0.802. The van der Waals surface area contributed by atoms with Gasteiger partial charge in [0.25, 0.3) is 0 Å². The van der Waals surface area contributed by atoms with Gasteiger partial charge in [0.05, 0.1) is 11.6 Å². The molecular formula is C16H13N3O2. The van der Waals surface area contributed by atoms with Crippen LogP contribution in [0.25, 0.3) is 10.8 Å². The van der Waals surface area contributed by atoms with Gasteiger partial charge in [0.2, 0.25) is 11.8 Å². The van der Waals surface area contributed by atoms with Gasteiger partial charge in [0.1, 0.15) is 6.04 Å². The third-order valence-electron chi connectivity index (χ3n) is 3.61. The fourth-order valence-electron chi connectivity index (χ4n) is 2.54. The number of benzene rings is 2. The minimum atomic E-state index is -0.431. The summed E-state index contributed by atoms with van der Waals surface area (Å²) in [6, 6.07) is 12.8. The Bertz CT molecular complexity index is 777. The minimum absolute atomic E-state index is 0.234. The van der Waals surface area contributed by atoms with E-state index in [4.69, 9.17) is 5.26 Å². The summed E-state index contributed by atoms with van der Waals surface area (Å²) in [5.74, 6) is -0.539. The van der Waals surface area contributed by atoms with Gasteiger partial charge in [-0.3, -0.25) is 14.9 Å². The molecule has 0 saturated carbocycles. The molecule has 1 aliphatic rings. The number of rotatable bonds is 2. The lowest BCUT2D eigenvalue weighted by Crippen LogP contribution is -2.47. The molecule has 21 heavy (non-hydrogen) atoms. The van der Waals surface area contributed by atoms with E-state index >= 15 is 0 Å². The number of nitriles is 1. The fourth-order valence-corrected chi connectivity index (χ4v) is 2.54. The van der Waals surface area contributed by atoms with E-state index in [1.54, 1.807) is 12.1 Å². The normalized spacial score (nSPS) is 18.1. The summed E-state index contributed by atoms with van der Waals surface area (Å²) >= 11 is 0. The first-order chi connectivity index (χ1) is 10.2. The molecule has 5 heteroatoms.